The van der Waals surface area contributed by atoms with Crippen LogP contribution in [0.2, 0.25) is 0 Å². The number of esters is 1. The molecule has 1 aromatic rings. The Morgan fingerprint density at radius 3 is 2.93 bits per heavy atom. The summed E-state index contributed by atoms with van der Waals surface area (Å²) in [4.78, 5) is 19.1. The average molecular weight is 195 g/mol. The highest BCUT2D eigenvalue weighted by atomic mass is 16.5. The van der Waals surface area contributed by atoms with Crippen LogP contribution in [-0.4, -0.2) is 28.8 Å². The molecule has 0 amide bonds. The molecular weight excluding hydrogens is 182 g/mol. The molecule has 0 saturated carbocycles. The van der Waals surface area contributed by atoms with Gasteiger partial charge in [-0.3, -0.25) is 0 Å². The molecule has 0 unspecified atom stereocenters. The lowest BCUT2D eigenvalue weighted by molar-refractivity contribution is 0.0521. The number of aryl methyl sites for hydroxylation is 1. The van der Waals surface area contributed by atoms with Crippen molar-refractivity contribution in [2.24, 2.45) is 4.99 Å². The van der Waals surface area contributed by atoms with E-state index in [9.17, 15) is 4.79 Å². The summed E-state index contributed by atoms with van der Waals surface area (Å²) in [6.07, 6.45) is 1.55. The van der Waals surface area contributed by atoms with Crippen molar-refractivity contribution in [3.8, 4) is 0 Å². The van der Waals surface area contributed by atoms with E-state index in [-0.39, 0.29) is 5.69 Å². The van der Waals surface area contributed by atoms with Crippen molar-refractivity contribution >= 4 is 18.5 Å². The van der Waals surface area contributed by atoms with E-state index < -0.39 is 5.97 Å². The standard InChI is InChI=1S/C9H13N3O2/c1-4-12-6-11-7(8(12)10-3)9(13)14-5-2/h6H,3-5H2,1-2H3. The number of carbonyl (C=O) groups is 1. The van der Waals surface area contributed by atoms with E-state index >= 15 is 0 Å². The number of imidazole rings is 1. The van der Waals surface area contributed by atoms with Gasteiger partial charge in [0.25, 0.3) is 0 Å². The Bertz CT molecular complexity index is 344. The quantitative estimate of drug-likeness (QED) is 0.539. The molecule has 0 fully saturated rings. The highest BCUT2D eigenvalue weighted by Gasteiger charge is 2.17. The van der Waals surface area contributed by atoms with Crippen LogP contribution in [0.15, 0.2) is 11.3 Å². The van der Waals surface area contributed by atoms with Crippen molar-refractivity contribution < 1.29 is 9.53 Å². The van der Waals surface area contributed by atoms with E-state index in [0.29, 0.717) is 19.0 Å². The van der Waals surface area contributed by atoms with Gasteiger partial charge in [-0.25, -0.2) is 14.8 Å². The Morgan fingerprint density at radius 1 is 1.71 bits per heavy atom. The summed E-state index contributed by atoms with van der Waals surface area (Å²) in [5, 5.41) is 0. The van der Waals surface area contributed by atoms with Crippen LogP contribution in [0.1, 0.15) is 24.3 Å². The van der Waals surface area contributed by atoms with Gasteiger partial charge in [0, 0.05) is 6.54 Å². The first-order valence-electron chi connectivity index (χ1n) is 4.43. The van der Waals surface area contributed by atoms with Crippen LogP contribution in [0.4, 0.5) is 5.82 Å². The van der Waals surface area contributed by atoms with Crippen LogP contribution in [0, 0.1) is 0 Å². The van der Waals surface area contributed by atoms with E-state index in [1.807, 2.05) is 6.92 Å². The van der Waals surface area contributed by atoms with Gasteiger partial charge in [0.15, 0.2) is 11.5 Å². The van der Waals surface area contributed by atoms with Gasteiger partial charge in [-0.1, -0.05) is 0 Å². The molecule has 1 heterocycles. The van der Waals surface area contributed by atoms with Crippen molar-refractivity contribution in [2.75, 3.05) is 6.61 Å². The molecule has 0 spiro atoms. The summed E-state index contributed by atoms with van der Waals surface area (Å²) >= 11 is 0. The molecule has 0 saturated heterocycles. The normalized spacial score (nSPS) is 9.86. The number of aromatic nitrogens is 2. The third-order valence-electron chi connectivity index (χ3n) is 1.77. The minimum Gasteiger partial charge on any atom is -0.461 e. The maximum Gasteiger partial charge on any atom is 0.360 e. The van der Waals surface area contributed by atoms with Gasteiger partial charge < -0.3 is 9.30 Å². The highest BCUT2D eigenvalue weighted by Crippen LogP contribution is 2.18. The zero-order valence-corrected chi connectivity index (χ0v) is 8.36. The molecule has 1 rings (SSSR count). The molecule has 5 nitrogen and oxygen atoms in total. The van der Waals surface area contributed by atoms with Crippen molar-refractivity contribution in [3.63, 3.8) is 0 Å². The molecule has 0 aliphatic carbocycles. The van der Waals surface area contributed by atoms with E-state index in [1.54, 1.807) is 17.8 Å². The fourth-order valence-corrected chi connectivity index (χ4v) is 1.12. The number of hydrogen-bond donors (Lipinski definition) is 0. The van der Waals surface area contributed by atoms with Crippen LogP contribution >= 0.6 is 0 Å². The lowest BCUT2D eigenvalue weighted by Gasteiger charge is -2.01. The maximum absolute atomic E-state index is 11.4. The zero-order valence-electron chi connectivity index (χ0n) is 8.36. The van der Waals surface area contributed by atoms with Crippen LogP contribution in [0.5, 0.6) is 0 Å². The fourth-order valence-electron chi connectivity index (χ4n) is 1.12. The first-order chi connectivity index (χ1) is 6.74. The van der Waals surface area contributed by atoms with E-state index in [1.165, 1.54) is 0 Å². The molecular formula is C9H13N3O2. The Labute approximate surface area is 82.4 Å². The number of nitrogens with zero attached hydrogens (tertiary/aromatic N) is 3. The number of ether oxygens (including phenoxy) is 1. The van der Waals surface area contributed by atoms with E-state index in [0.717, 1.165) is 0 Å². The number of aliphatic imine (C=N–C) groups is 1. The van der Waals surface area contributed by atoms with Crippen molar-refractivity contribution in [1.29, 1.82) is 0 Å². The molecule has 5 heteroatoms. The second kappa shape index (κ2) is 4.55. The fraction of sp³-hybridized carbons (Fsp3) is 0.444. The average Bonchev–Trinajstić information content (AvgIpc) is 2.60. The third kappa shape index (κ3) is 1.81. The molecule has 0 N–H and O–H groups in total. The van der Waals surface area contributed by atoms with Gasteiger partial charge in [0.1, 0.15) is 0 Å². The van der Waals surface area contributed by atoms with Crippen LogP contribution < -0.4 is 0 Å². The van der Waals surface area contributed by atoms with Crippen molar-refractivity contribution in [2.45, 2.75) is 20.4 Å². The summed E-state index contributed by atoms with van der Waals surface area (Å²) in [7, 11) is 0. The zero-order chi connectivity index (χ0) is 10.6. The monoisotopic (exact) mass is 195 g/mol. The third-order valence-corrected chi connectivity index (χ3v) is 1.77. The Morgan fingerprint density at radius 2 is 2.43 bits per heavy atom. The smallest absolute Gasteiger partial charge is 0.360 e. The van der Waals surface area contributed by atoms with E-state index in [2.05, 4.69) is 16.7 Å². The van der Waals surface area contributed by atoms with Gasteiger partial charge in [-0.05, 0) is 20.6 Å². The Kier molecular flexibility index (Phi) is 3.39. The Balaban J connectivity index is 3.02. The van der Waals surface area contributed by atoms with Crippen LogP contribution in [0.25, 0.3) is 0 Å². The summed E-state index contributed by atoms with van der Waals surface area (Å²) in [6, 6.07) is 0. The molecule has 0 aromatic carbocycles. The summed E-state index contributed by atoms with van der Waals surface area (Å²) in [5.41, 5.74) is 0.226. The number of carbonyl (C=O) groups excluding carboxylic acids is 1. The molecule has 14 heavy (non-hydrogen) atoms. The predicted molar refractivity (Wildman–Crippen MR) is 53.1 cm³/mol. The summed E-state index contributed by atoms with van der Waals surface area (Å²) in [5.74, 6) is 0.00745. The number of rotatable bonds is 4. The molecule has 0 atom stereocenters. The lowest BCUT2D eigenvalue weighted by Crippen LogP contribution is -2.05. The summed E-state index contributed by atoms with van der Waals surface area (Å²) < 4.78 is 6.56. The molecule has 0 bridgehead atoms. The van der Waals surface area contributed by atoms with E-state index in [4.69, 9.17) is 4.74 Å². The second-order valence-corrected chi connectivity index (χ2v) is 2.58. The number of hydrogen-bond acceptors (Lipinski definition) is 4. The van der Waals surface area contributed by atoms with Gasteiger partial charge in [0.2, 0.25) is 0 Å². The largest absolute Gasteiger partial charge is 0.461 e. The van der Waals surface area contributed by atoms with Gasteiger partial charge in [0.05, 0.1) is 12.9 Å². The molecule has 1 aromatic heterocycles. The van der Waals surface area contributed by atoms with Crippen molar-refractivity contribution in [3.05, 3.63) is 12.0 Å². The molecule has 76 valence electrons. The SMILES string of the molecule is C=Nc1c(C(=O)OCC)ncn1CC. The van der Waals surface area contributed by atoms with Crippen molar-refractivity contribution in [1.82, 2.24) is 9.55 Å². The van der Waals surface area contributed by atoms with Gasteiger partial charge in [-0.15, -0.1) is 0 Å². The minimum atomic E-state index is -0.456. The summed E-state index contributed by atoms with van der Waals surface area (Å²) in [6.45, 7) is 8.10. The minimum absolute atomic E-state index is 0.226. The second-order valence-electron chi connectivity index (χ2n) is 2.58. The Hall–Kier alpha value is -1.65. The highest BCUT2D eigenvalue weighted by molar-refractivity contribution is 5.92. The topological polar surface area (TPSA) is 56.5 Å². The predicted octanol–water partition coefficient (Wildman–Crippen LogP) is 1.41. The van der Waals surface area contributed by atoms with Gasteiger partial charge >= 0.3 is 5.97 Å². The first kappa shape index (κ1) is 10.4. The van der Waals surface area contributed by atoms with Gasteiger partial charge in [-0.2, -0.15) is 0 Å². The van der Waals surface area contributed by atoms with Crippen LogP contribution in [0.3, 0.4) is 0 Å². The maximum atomic E-state index is 11.4. The first-order valence-corrected chi connectivity index (χ1v) is 4.43. The molecule has 0 radical (unpaired) electrons. The molecule has 0 aliphatic rings. The van der Waals surface area contributed by atoms with Crippen LogP contribution in [-0.2, 0) is 11.3 Å². The molecule has 0 aliphatic heterocycles. The lowest BCUT2D eigenvalue weighted by atomic mass is 10.4.